The molecule has 5 heterocycles. The molecule has 1 amide bonds. The van der Waals surface area contributed by atoms with Gasteiger partial charge in [-0.3, -0.25) is 9.78 Å². The molecule has 206 valence electrons. The van der Waals surface area contributed by atoms with Crippen molar-refractivity contribution in [2.75, 3.05) is 44.8 Å². The zero-order valence-corrected chi connectivity index (χ0v) is 21.8. The number of carbonyl (C=O) groups excluding carboxylic acids is 1. The molecule has 0 bridgehead atoms. The smallest absolute Gasteiger partial charge is 0.233 e. The molecule has 2 fully saturated rings. The van der Waals surface area contributed by atoms with E-state index in [1.807, 2.05) is 19.1 Å². The Balaban J connectivity index is 1.27. The zero-order chi connectivity index (χ0) is 27.5. The quantitative estimate of drug-likeness (QED) is 0.373. The molecular formula is C28H28FN7O4. The molecular weight excluding hydrogens is 517 g/mol. The number of nitrogens with one attached hydrogen (secondary N) is 2. The molecule has 0 atom stereocenters. The predicted molar refractivity (Wildman–Crippen MR) is 143 cm³/mol. The number of rotatable bonds is 6. The van der Waals surface area contributed by atoms with Crippen LogP contribution in [0.25, 0.3) is 22.6 Å². The average Bonchev–Trinajstić information content (AvgIpc) is 3.44. The standard InChI is InChI=1S/C28H28FN7O4/c1-28(26(37)36-11-13-38-14-12-36)16-39-25(40-17-28)24-34-22(18-4-6-19(29)7-5-18)23(35-24)21-8-10-31-27(33-21)32-20-3-2-9-30-15-20/h2-10,15,25H,11-14,16-17H2,1H3,(H,34,35)(H,31,32,33). The Kier molecular flexibility index (Phi) is 7.20. The van der Waals surface area contributed by atoms with Crippen molar-refractivity contribution in [3.05, 3.63) is 72.7 Å². The summed E-state index contributed by atoms with van der Waals surface area (Å²) in [6, 6.07) is 11.5. The maximum Gasteiger partial charge on any atom is 0.233 e. The number of benzene rings is 1. The third-order valence-corrected chi connectivity index (χ3v) is 6.81. The van der Waals surface area contributed by atoms with Crippen LogP contribution in [0.3, 0.4) is 0 Å². The number of ether oxygens (including phenoxy) is 3. The molecule has 2 aliphatic rings. The van der Waals surface area contributed by atoms with Crippen molar-refractivity contribution in [3.8, 4) is 22.6 Å². The summed E-state index contributed by atoms with van der Waals surface area (Å²) in [6.07, 6.45) is 4.16. The highest BCUT2D eigenvalue weighted by Crippen LogP contribution is 2.36. The predicted octanol–water partition coefficient (Wildman–Crippen LogP) is 3.72. The number of aromatic amines is 1. The Labute approximate surface area is 229 Å². The first kappa shape index (κ1) is 26.0. The summed E-state index contributed by atoms with van der Waals surface area (Å²) in [6.45, 7) is 4.33. The summed E-state index contributed by atoms with van der Waals surface area (Å²) < 4.78 is 31.2. The molecule has 0 unspecified atom stereocenters. The first-order valence-electron chi connectivity index (χ1n) is 13.0. The van der Waals surface area contributed by atoms with Gasteiger partial charge in [-0.15, -0.1) is 0 Å². The van der Waals surface area contributed by atoms with Gasteiger partial charge in [0.1, 0.15) is 5.82 Å². The molecule has 6 rings (SSSR count). The van der Waals surface area contributed by atoms with Crippen LogP contribution in [0, 0.1) is 11.2 Å². The summed E-state index contributed by atoms with van der Waals surface area (Å²) in [5.74, 6) is 0.412. The SMILES string of the molecule is CC1(C(=O)N2CCOCC2)COC(c2nc(-c3ccc(F)cc3)c(-c3ccnc(Nc4cccnc4)n3)[nH]2)OC1. The normalized spacial score (nSPS) is 21.2. The van der Waals surface area contributed by atoms with Gasteiger partial charge in [-0.05, 0) is 49.4 Å². The van der Waals surface area contributed by atoms with Crippen LogP contribution in [0.5, 0.6) is 0 Å². The fourth-order valence-corrected chi connectivity index (χ4v) is 4.67. The Morgan fingerprint density at radius 1 is 1.07 bits per heavy atom. The molecule has 1 aromatic carbocycles. The summed E-state index contributed by atoms with van der Waals surface area (Å²) in [5.41, 5.74) is 2.30. The Morgan fingerprint density at radius 2 is 1.85 bits per heavy atom. The van der Waals surface area contributed by atoms with Crippen LogP contribution in [-0.2, 0) is 19.0 Å². The van der Waals surface area contributed by atoms with Gasteiger partial charge in [0.2, 0.25) is 18.1 Å². The average molecular weight is 546 g/mol. The van der Waals surface area contributed by atoms with Crippen molar-refractivity contribution in [2.24, 2.45) is 5.41 Å². The molecule has 40 heavy (non-hydrogen) atoms. The third-order valence-electron chi connectivity index (χ3n) is 6.81. The summed E-state index contributed by atoms with van der Waals surface area (Å²) in [7, 11) is 0. The second-order valence-corrected chi connectivity index (χ2v) is 9.90. The zero-order valence-electron chi connectivity index (χ0n) is 21.8. The van der Waals surface area contributed by atoms with E-state index in [9.17, 15) is 9.18 Å². The number of pyridine rings is 1. The van der Waals surface area contributed by atoms with Gasteiger partial charge in [0.25, 0.3) is 0 Å². The van der Waals surface area contributed by atoms with E-state index >= 15 is 0 Å². The van der Waals surface area contributed by atoms with Gasteiger partial charge in [0.05, 0.1) is 60.8 Å². The number of aromatic nitrogens is 5. The van der Waals surface area contributed by atoms with Crippen molar-refractivity contribution >= 4 is 17.5 Å². The fourth-order valence-electron chi connectivity index (χ4n) is 4.67. The minimum absolute atomic E-state index is 0.0176. The van der Waals surface area contributed by atoms with Gasteiger partial charge in [-0.1, -0.05) is 0 Å². The van der Waals surface area contributed by atoms with Crippen LogP contribution in [-0.4, -0.2) is 75.2 Å². The first-order chi connectivity index (χ1) is 19.5. The Hall–Kier alpha value is -4.26. The number of nitrogens with zero attached hydrogens (tertiary/aromatic N) is 5. The molecule has 2 saturated heterocycles. The topological polar surface area (TPSA) is 127 Å². The number of morpholine rings is 1. The first-order valence-corrected chi connectivity index (χ1v) is 13.0. The Morgan fingerprint density at radius 3 is 2.58 bits per heavy atom. The lowest BCUT2D eigenvalue weighted by molar-refractivity contribution is -0.235. The summed E-state index contributed by atoms with van der Waals surface area (Å²) >= 11 is 0. The van der Waals surface area contributed by atoms with E-state index in [-0.39, 0.29) is 24.9 Å². The number of anilines is 2. The van der Waals surface area contributed by atoms with Gasteiger partial charge in [0, 0.05) is 31.0 Å². The van der Waals surface area contributed by atoms with Crippen LogP contribution in [0.2, 0.25) is 0 Å². The van der Waals surface area contributed by atoms with Crippen molar-refractivity contribution in [1.29, 1.82) is 0 Å². The van der Waals surface area contributed by atoms with E-state index in [2.05, 4.69) is 25.3 Å². The number of hydrogen-bond acceptors (Lipinski definition) is 9. The van der Waals surface area contributed by atoms with Crippen LogP contribution in [0.4, 0.5) is 16.0 Å². The number of carbonyl (C=O) groups is 1. The van der Waals surface area contributed by atoms with Crippen LogP contribution in [0.15, 0.2) is 61.1 Å². The van der Waals surface area contributed by atoms with Gasteiger partial charge >= 0.3 is 0 Å². The van der Waals surface area contributed by atoms with E-state index in [1.165, 1.54) is 12.1 Å². The molecule has 11 nitrogen and oxygen atoms in total. The maximum absolute atomic E-state index is 13.7. The number of hydrogen-bond donors (Lipinski definition) is 2. The van der Waals surface area contributed by atoms with Crippen LogP contribution >= 0.6 is 0 Å². The number of halogens is 1. The molecule has 3 aromatic heterocycles. The molecule has 0 spiro atoms. The van der Waals surface area contributed by atoms with Gasteiger partial charge in [-0.2, -0.15) is 0 Å². The fraction of sp³-hybridized carbons (Fsp3) is 0.321. The number of H-pyrrole nitrogens is 1. The van der Waals surface area contributed by atoms with E-state index in [1.54, 1.807) is 41.7 Å². The Bertz CT molecular complexity index is 1470. The van der Waals surface area contributed by atoms with Gasteiger partial charge < -0.3 is 29.4 Å². The lowest BCUT2D eigenvalue weighted by Gasteiger charge is -2.39. The van der Waals surface area contributed by atoms with Crippen molar-refractivity contribution in [3.63, 3.8) is 0 Å². The monoisotopic (exact) mass is 545 g/mol. The van der Waals surface area contributed by atoms with E-state index in [0.29, 0.717) is 60.7 Å². The van der Waals surface area contributed by atoms with Crippen molar-refractivity contribution in [1.82, 2.24) is 29.8 Å². The molecule has 0 radical (unpaired) electrons. The molecule has 0 aliphatic carbocycles. The van der Waals surface area contributed by atoms with Gasteiger partial charge in [0.15, 0.2) is 5.82 Å². The molecule has 2 aliphatic heterocycles. The van der Waals surface area contributed by atoms with Crippen molar-refractivity contribution < 1.29 is 23.4 Å². The van der Waals surface area contributed by atoms with Crippen LogP contribution in [0.1, 0.15) is 19.0 Å². The molecule has 0 saturated carbocycles. The molecule has 4 aromatic rings. The summed E-state index contributed by atoms with van der Waals surface area (Å²) in [5, 5.41) is 3.14. The molecule has 2 N–H and O–H groups in total. The van der Waals surface area contributed by atoms with Crippen molar-refractivity contribution in [2.45, 2.75) is 13.2 Å². The largest absolute Gasteiger partial charge is 0.378 e. The summed E-state index contributed by atoms with van der Waals surface area (Å²) in [4.78, 5) is 36.1. The van der Waals surface area contributed by atoms with E-state index < -0.39 is 11.7 Å². The number of amides is 1. The highest BCUT2D eigenvalue weighted by atomic mass is 19.1. The van der Waals surface area contributed by atoms with Crippen LogP contribution < -0.4 is 5.32 Å². The minimum Gasteiger partial charge on any atom is -0.378 e. The minimum atomic E-state index is -0.826. The highest BCUT2D eigenvalue weighted by Gasteiger charge is 2.43. The lowest BCUT2D eigenvalue weighted by atomic mass is 9.90. The maximum atomic E-state index is 13.7. The third kappa shape index (κ3) is 5.41. The second kappa shape index (κ2) is 11.1. The number of imidazole rings is 1. The highest BCUT2D eigenvalue weighted by molar-refractivity contribution is 5.83. The van der Waals surface area contributed by atoms with E-state index in [4.69, 9.17) is 19.2 Å². The second-order valence-electron chi connectivity index (χ2n) is 9.90. The molecule has 12 heteroatoms. The van der Waals surface area contributed by atoms with Gasteiger partial charge in [-0.25, -0.2) is 19.3 Å². The van der Waals surface area contributed by atoms with E-state index in [0.717, 1.165) is 5.69 Å². The lowest BCUT2D eigenvalue weighted by Crippen LogP contribution is -2.53.